The normalized spacial score (nSPS) is 13.1. The Morgan fingerprint density at radius 3 is 1.60 bits per heavy atom. The minimum Gasteiger partial charge on any atom is -0.313 e. The maximum Gasteiger partial charge on any atom is 0.0540 e. The van der Waals surface area contributed by atoms with Crippen LogP contribution in [0, 0.1) is 13.8 Å². The number of aryl methyl sites for hydroxylation is 1. The van der Waals surface area contributed by atoms with E-state index in [9.17, 15) is 0 Å². The molecule has 0 atom stereocenters. The van der Waals surface area contributed by atoms with Crippen molar-refractivity contribution in [3.63, 3.8) is 0 Å². The second kappa shape index (κ2) is 8.60. The number of hydrogen-bond acceptors (Lipinski definition) is 0. The Balaban J connectivity index is 1.57. The third kappa shape index (κ3) is 3.58. The van der Waals surface area contributed by atoms with Gasteiger partial charge in [0.2, 0.25) is 0 Å². The second-order valence-corrected chi connectivity index (χ2v) is 14.7. The highest BCUT2D eigenvalue weighted by atomic mass is 15.0. The fraction of sp³-hybridized carbons (Fsp3) is 0.238. The van der Waals surface area contributed by atoms with Crippen molar-refractivity contribution in [3.05, 3.63) is 113 Å². The summed E-state index contributed by atoms with van der Waals surface area (Å²) in [6.45, 7) is 18.8. The van der Waals surface area contributed by atoms with Gasteiger partial charge in [-0.1, -0.05) is 114 Å². The van der Waals surface area contributed by atoms with Crippen LogP contribution in [0.1, 0.15) is 63.9 Å². The number of rotatable bonds is 1. The molecule has 0 spiro atoms. The van der Waals surface area contributed by atoms with E-state index in [1.165, 1.54) is 92.8 Å². The first-order chi connectivity index (χ1) is 20.4. The highest BCUT2D eigenvalue weighted by molar-refractivity contribution is 6.24. The number of hydrogen-bond donors (Lipinski definition) is 0. The Labute approximate surface area is 254 Å². The van der Waals surface area contributed by atoms with Crippen LogP contribution in [0.3, 0.4) is 0 Å². The van der Waals surface area contributed by atoms with Crippen LogP contribution in [0.2, 0.25) is 0 Å². The van der Waals surface area contributed by atoms with Crippen molar-refractivity contribution >= 4 is 64.8 Å². The average molecular weight is 558 g/mol. The summed E-state index contributed by atoms with van der Waals surface area (Å²) in [5.41, 5.74) is 8.07. The maximum atomic E-state index is 2.54. The molecule has 0 radical (unpaired) electrons. The minimum atomic E-state index is -0.0174. The molecule has 0 amide bonds. The van der Waals surface area contributed by atoms with Gasteiger partial charge in [0.15, 0.2) is 0 Å². The molecular formula is C42H39N. The molecule has 0 aliphatic heterocycles. The van der Waals surface area contributed by atoms with Crippen molar-refractivity contribution in [1.29, 1.82) is 0 Å². The molecule has 8 rings (SSSR count). The second-order valence-electron chi connectivity index (χ2n) is 14.7. The van der Waals surface area contributed by atoms with Gasteiger partial charge < -0.3 is 4.57 Å². The first-order valence-electron chi connectivity index (χ1n) is 15.6. The van der Waals surface area contributed by atoms with Gasteiger partial charge in [0.05, 0.1) is 11.2 Å². The Morgan fingerprint density at radius 1 is 0.465 bits per heavy atom. The largest absolute Gasteiger partial charge is 0.313 e. The van der Waals surface area contributed by atoms with Crippen LogP contribution < -0.4 is 0 Å². The van der Waals surface area contributed by atoms with Crippen molar-refractivity contribution in [2.24, 2.45) is 0 Å². The summed E-state index contributed by atoms with van der Waals surface area (Å²) in [5.74, 6) is 0. The lowest BCUT2D eigenvalue weighted by atomic mass is 9.74. The fourth-order valence-electron chi connectivity index (χ4n) is 8.08. The molecule has 0 fully saturated rings. The topological polar surface area (TPSA) is 4.93 Å². The zero-order chi connectivity index (χ0) is 30.0. The molecule has 0 saturated heterocycles. The molecule has 0 aliphatic rings. The molecule has 0 aliphatic carbocycles. The molecular weight excluding hydrogens is 518 g/mol. The molecule has 1 heteroatoms. The van der Waals surface area contributed by atoms with Crippen molar-refractivity contribution in [3.8, 4) is 5.69 Å². The molecule has 1 aromatic heterocycles. The lowest BCUT2D eigenvalue weighted by molar-refractivity contribution is 0.593. The molecule has 1 nitrogen and oxygen atoms in total. The lowest BCUT2D eigenvalue weighted by Gasteiger charge is -2.30. The summed E-state index contributed by atoms with van der Waals surface area (Å²) in [5, 5.41) is 14.8. The molecule has 1 heterocycles. The molecule has 0 unspecified atom stereocenters. The number of nitrogens with zero attached hydrogens (tertiary/aromatic N) is 1. The Kier molecular flexibility index (Phi) is 5.26. The lowest BCUT2D eigenvalue weighted by Crippen LogP contribution is -2.17. The van der Waals surface area contributed by atoms with Gasteiger partial charge in [-0.15, -0.1) is 0 Å². The third-order valence-corrected chi connectivity index (χ3v) is 9.91. The van der Waals surface area contributed by atoms with E-state index >= 15 is 0 Å². The van der Waals surface area contributed by atoms with Crippen LogP contribution in [0.25, 0.3) is 70.5 Å². The molecule has 0 N–H and O–H groups in total. The molecule has 7 aromatic carbocycles. The van der Waals surface area contributed by atoms with Crippen LogP contribution in [-0.4, -0.2) is 4.57 Å². The van der Waals surface area contributed by atoms with Gasteiger partial charge in [-0.25, -0.2) is 0 Å². The quantitative estimate of drug-likeness (QED) is 0.140. The van der Waals surface area contributed by atoms with Crippen molar-refractivity contribution in [1.82, 2.24) is 4.57 Å². The van der Waals surface area contributed by atoms with Crippen LogP contribution in [0.4, 0.5) is 0 Å². The van der Waals surface area contributed by atoms with Gasteiger partial charge in [-0.3, -0.25) is 0 Å². The van der Waals surface area contributed by atoms with Gasteiger partial charge in [0.1, 0.15) is 0 Å². The van der Waals surface area contributed by atoms with Gasteiger partial charge in [-0.2, -0.15) is 0 Å². The Bertz CT molecular complexity index is 2400. The van der Waals surface area contributed by atoms with E-state index in [2.05, 4.69) is 151 Å². The van der Waals surface area contributed by atoms with Gasteiger partial charge in [0.25, 0.3) is 0 Å². The Morgan fingerprint density at radius 2 is 1.00 bits per heavy atom. The maximum absolute atomic E-state index is 2.54. The molecule has 8 aromatic rings. The SMILES string of the molecule is Cc1c(C)n(-c2ccc3ccc4cccc5ccc2c3c45)c2cc3c(C(C)(C)C)c4ccccc4c(C(C)(C)C)c3cc12. The number of aromatic nitrogens is 1. The zero-order valence-electron chi connectivity index (χ0n) is 26.6. The van der Waals surface area contributed by atoms with E-state index in [4.69, 9.17) is 0 Å². The fourth-order valence-corrected chi connectivity index (χ4v) is 8.08. The van der Waals surface area contributed by atoms with Crippen molar-refractivity contribution in [2.45, 2.75) is 66.2 Å². The van der Waals surface area contributed by atoms with E-state index in [1.807, 2.05) is 0 Å². The zero-order valence-corrected chi connectivity index (χ0v) is 26.6. The van der Waals surface area contributed by atoms with Gasteiger partial charge in [-0.05, 0) is 108 Å². The molecule has 0 saturated carbocycles. The van der Waals surface area contributed by atoms with E-state index in [-0.39, 0.29) is 10.8 Å². The third-order valence-electron chi connectivity index (χ3n) is 9.91. The van der Waals surface area contributed by atoms with Crippen LogP contribution >= 0.6 is 0 Å². The van der Waals surface area contributed by atoms with Crippen LogP contribution in [0.5, 0.6) is 0 Å². The Hall–Kier alpha value is -4.36. The van der Waals surface area contributed by atoms with E-state index in [1.54, 1.807) is 0 Å². The predicted molar refractivity (Wildman–Crippen MR) is 189 cm³/mol. The van der Waals surface area contributed by atoms with Crippen molar-refractivity contribution in [2.75, 3.05) is 0 Å². The van der Waals surface area contributed by atoms with Crippen LogP contribution in [-0.2, 0) is 10.8 Å². The summed E-state index contributed by atoms with van der Waals surface area (Å²) in [7, 11) is 0. The number of fused-ring (bicyclic) bond motifs is 3. The first kappa shape index (κ1) is 26.3. The standard InChI is InChI=1S/C42H39N/c1-24-25(2)43(35-21-19-28-17-16-26-12-11-13-27-18-20-31(35)38(28)37(26)27)36-23-34-33(22-32(24)36)39(41(3,4)5)29-14-9-10-15-30(29)40(34)42(6,7)8/h9-23H,1-8H3. The molecule has 43 heavy (non-hydrogen) atoms. The first-order valence-corrected chi connectivity index (χ1v) is 15.6. The highest BCUT2D eigenvalue weighted by Crippen LogP contribution is 2.46. The molecule has 0 bridgehead atoms. The molecule has 212 valence electrons. The predicted octanol–water partition coefficient (Wildman–Crippen LogP) is 12.0. The van der Waals surface area contributed by atoms with E-state index < -0.39 is 0 Å². The number of benzene rings is 7. The summed E-state index contributed by atoms with van der Waals surface area (Å²) in [6, 6.07) is 34.6. The highest BCUT2D eigenvalue weighted by Gasteiger charge is 2.28. The smallest absolute Gasteiger partial charge is 0.0540 e. The van der Waals surface area contributed by atoms with Crippen LogP contribution in [0.15, 0.2) is 91.0 Å². The summed E-state index contributed by atoms with van der Waals surface area (Å²) in [4.78, 5) is 0. The average Bonchev–Trinajstić information content (AvgIpc) is 3.20. The van der Waals surface area contributed by atoms with E-state index in [0.29, 0.717) is 0 Å². The van der Waals surface area contributed by atoms with E-state index in [0.717, 1.165) is 0 Å². The summed E-state index contributed by atoms with van der Waals surface area (Å²) >= 11 is 0. The monoisotopic (exact) mass is 557 g/mol. The minimum absolute atomic E-state index is 0.000461. The summed E-state index contributed by atoms with van der Waals surface area (Å²) in [6.07, 6.45) is 0. The van der Waals surface area contributed by atoms with Gasteiger partial charge in [0, 0.05) is 16.5 Å². The van der Waals surface area contributed by atoms with Gasteiger partial charge >= 0.3 is 0 Å². The summed E-state index contributed by atoms with van der Waals surface area (Å²) < 4.78 is 2.54. The van der Waals surface area contributed by atoms with Crippen molar-refractivity contribution < 1.29 is 0 Å².